The summed E-state index contributed by atoms with van der Waals surface area (Å²) in [6.07, 6.45) is 51.0. The zero-order chi connectivity index (χ0) is 45.8. The Bertz CT molecular complexity index is 834. The van der Waals surface area contributed by atoms with Gasteiger partial charge in [-0.2, -0.15) is 0 Å². The second-order valence-electron chi connectivity index (χ2n) is 18.5. The lowest BCUT2D eigenvalue weighted by molar-refractivity contribution is -0.307. The summed E-state index contributed by atoms with van der Waals surface area (Å²) in [7, 11) is 0. The molecule has 0 amide bonds. The van der Waals surface area contributed by atoms with E-state index in [4.69, 9.17) is 14.9 Å². The molecule has 0 aromatic rings. The molecule has 0 aliphatic heterocycles. The predicted molar refractivity (Wildman–Crippen MR) is 254 cm³/mol. The van der Waals surface area contributed by atoms with Crippen molar-refractivity contribution in [2.75, 3.05) is 19.8 Å². The van der Waals surface area contributed by atoms with Crippen LogP contribution in [0.15, 0.2) is 0 Å². The number of unbranched alkanes of at least 4 members (excludes halogenated alkanes) is 36. The number of hydrogen-bond donors (Lipinski definition) is 2. The Morgan fingerprint density at radius 1 is 0.361 bits per heavy atom. The molecule has 0 aliphatic carbocycles. The molecule has 8 nitrogen and oxygen atoms in total. The number of hydrogen-bond acceptors (Lipinski definition) is 8. The number of carboxylic acid groups (broad SMARTS) is 2. The van der Waals surface area contributed by atoms with Gasteiger partial charge >= 0.3 is 5.97 Å². The molecule has 0 fully saturated rings. The van der Waals surface area contributed by atoms with Gasteiger partial charge in [0.25, 0.3) is 0 Å². The van der Waals surface area contributed by atoms with Crippen molar-refractivity contribution in [2.45, 2.75) is 297 Å². The largest absolute Gasteiger partial charge is 0.550 e. The van der Waals surface area contributed by atoms with Crippen LogP contribution in [0.4, 0.5) is 0 Å². The molecule has 0 aliphatic rings. The summed E-state index contributed by atoms with van der Waals surface area (Å²) >= 11 is 0. The summed E-state index contributed by atoms with van der Waals surface area (Å²) in [5.41, 5.74) is -0.730. The Hall–Kier alpha value is -1.67. The van der Waals surface area contributed by atoms with E-state index in [2.05, 4.69) is 20.8 Å². The van der Waals surface area contributed by atoms with E-state index >= 15 is 0 Å². The van der Waals surface area contributed by atoms with Crippen molar-refractivity contribution in [1.82, 2.24) is 0 Å². The van der Waals surface area contributed by atoms with E-state index in [1.807, 2.05) is 0 Å². The maximum atomic E-state index is 11.6. The summed E-state index contributed by atoms with van der Waals surface area (Å²) in [5.74, 6) is -2.03. The SMILES string of the molecule is CCCCCCCCCCCCCCCC(=O)OCC(C)(CO)CO.CCCCCCCCCCCCCCCC(=O)[O-].CCCCCCCCCCCCCCCC(=O)[O-]. The van der Waals surface area contributed by atoms with Gasteiger partial charge in [0.05, 0.1) is 13.2 Å². The van der Waals surface area contributed by atoms with Gasteiger partial charge in [-0.15, -0.1) is 0 Å². The summed E-state index contributed by atoms with van der Waals surface area (Å²) in [5, 5.41) is 38.7. The fraction of sp³-hybridized carbons (Fsp3) is 0.943. The summed E-state index contributed by atoms with van der Waals surface area (Å²) in [4.78, 5) is 32.0. The Morgan fingerprint density at radius 3 is 0.754 bits per heavy atom. The number of aliphatic hydroxyl groups is 2. The molecule has 0 aromatic carbocycles. The van der Waals surface area contributed by atoms with Gasteiger partial charge in [0.2, 0.25) is 0 Å². The molecule has 0 aromatic heterocycles. The molecule has 0 heterocycles. The first-order valence-corrected chi connectivity index (χ1v) is 26.4. The second-order valence-corrected chi connectivity index (χ2v) is 18.5. The highest BCUT2D eigenvalue weighted by Crippen LogP contribution is 2.17. The number of rotatable bonds is 46. The number of carbonyl (C=O) groups excluding carboxylic acids is 3. The van der Waals surface area contributed by atoms with Crippen LogP contribution in [0.3, 0.4) is 0 Å². The van der Waals surface area contributed by atoms with Gasteiger partial charge in [-0.1, -0.05) is 259 Å². The van der Waals surface area contributed by atoms with E-state index in [1.54, 1.807) is 6.92 Å². The molecule has 366 valence electrons. The van der Waals surface area contributed by atoms with Crippen LogP contribution >= 0.6 is 0 Å². The molecule has 0 saturated carbocycles. The molecule has 0 bridgehead atoms. The molecule has 61 heavy (non-hydrogen) atoms. The molecule has 0 spiro atoms. The van der Waals surface area contributed by atoms with Crippen molar-refractivity contribution in [3.63, 3.8) is 0 Å². The van der Waals surface area contributed by atoms with Gasteiger partial charge in [-0.05, 0) is 32.1 Å². The van der Waals surface area contributed by atoms with Gasteiger partial charge in [0, 0.05) is 23.8 Å². The van der Waals surface area contributed by atoms with Crippen LogP contribution in [0.1, 0.15) is 297 Å². The van der Waals surface area contributed by atoms with Crippen molar-refractivity contribution in [2.24, 2.45) is 5.41 Å². The Morgan fingerprint density at radius 2 is 0.557 bits per heavy atom. The molecule has 0 saturated heterocycles. The van der Waals surface area contributed by atoms with Crippen LogP contribution in [0, 0.1) is 5.41 Å². The fourth-order valence-corrected chi connectivity index (χ4v) is 7.33. The zero-order valence-electron chi connectivity index (χ0n) is 41.2. The van der Waals surface area contributed by atoms with Gasteiger partial charge in [0.1, 0.15) is 6.61 Å². The first-order valence-electron chi connectivity index (χ1n) is 26.4. The van der Waals surface area contributed by atoms with Crippen LogP contribution in [-0.4, -0.2) is 47.9 Å². The third kappa shape index (κ3) is 60.5. The van der Waals surface area contributed by atoms with Gasteiger partial charge in [-0.25, -0.2) is 0 Å². The van der Waals surface area contributed by atoms with Crippen molar-refractivity contribution >= 4 is 17.9 Å². The third-order valence-electron chi connectivity index (χ3n) is 11.8. The third-order valence-corrected chi connectivity index (χ3v) is 11.8. The maximum absolute atomic E-state index is 11.6. The molecule has 8 heteroatoms. The molecule has 0 unspecified atom stereocenters. The standard InChI is InChI=1S/C21H42O4.2C16H32O2/c1-3-4-5-6-7-8-9-10-11-12-13-14-15-16-20(24)25-19-21(2,17-22)18-23;2*1-2-3-4-5-6-7-8-9-10-11-12-13-14-15-16(17)18/h22-23H,3-19H2,1-2H3;2*2-15H2,1H3,(H,17,18)/p-2. The van der Waals surface area contributed by atoms with E-state index in [-0.39, 0.29) is 38.6 Å². The number of carbonyl (C=O) groups is 3. The van der Waals surface area contributed by atoms with Crippen LogP contribution in [0.5, 0.6) is 0 Å². The maximum Gasteiger partial charge on any atom is 0.305 e. The van der Waals surface area contributed by atoms with Crippen LogP contribution < -0.4 is 10.2 Å². The lowest BCUT2D eigenvalue weighted by Gasteiger charge is -2.23. The quantitative estimate of drug-likeness (QED) is 0.0454. The molecular weight excluding hydrogens is 765 g/mol. The Kier molecular flexibility index (Phi) is 56.8. The van der Waals surface area contributed by atoms with Gasteiger partial charge < -0.3 is 34.8 Å². The fourth-order valence-electron chi connectivity index (χ4n) is 7.33. The number of esters is 1. The molecular formula is C53H104O8-2. The topological polar surface area (TPSA) is 147 Å². The highest BCUT2D eigenvalue weighted by atomic mass is 16.5. The highest BCUT2D eigenvalue weighted by molar-refractivity contribution is 5.69. The van der Waals surface area contributed by atoms with E-state index in [9.17, 15) is 24.6 Å². The van der Waals surface area contributed by atoms with Crippen LogP contribution in [0.25, 0.3) is 0 Å². The van der Waals surface area contributed by atoms with Crippen molar-refractivity contribution in [3.8, 4) is 0 Å². The lowest BCUT2D eigenvalue weighted by Crippen LogP contribution is -2.32. The second kappa shape index (κ2) is 54.5. The lowest BCUT2D eigenvalue weighted by atomic mass is 9.94. The first-order chi connectivity index (χ1) is 29.6. The number of aliphatic hydroxyl groups excluding tert-OH is 2. The van der Waals surface area contributed by atoms with Crippen LogP contribution in [0.2, 0.25) is 0 Å². The minimum Gasteiger partial charge on any atom is -0.550 e. The van der Waals surface area contributed by atoms with E-state index in [0.717, 1.165) is 38.5 Å². The number of aliphatic carboxylic acids is 2. The molecule has 0 rings (SSSR count). The van der Waals surface area contributed by atoms with Crippen molar-refractivity contribution in [1.29, 1.82) is 0 Å². The Balaban J connectivity index is -0.000000845. The number of ether oxygens (including phenoxy) is 1. The van der Waals surface area contributed by atoms with E-state index < -0.39 is 17.4 Å². The average Bonchev–Trinajstić information content (AvgIpc) is 3.25. The van der Waals surface area contributed by atoms with Gasteiger partial charge in [0.15, 0.2) is 0 Å². The molecule has 0 atom stereocenters. The van der Waals surface area contributed by atoms with Crippen molar-refractivity contribution < 1.29 is 39.5 Å². The zero-order valence-corrected chi connectivity index (χ0v) is 41.2. The highest BCUT2D eigenvalue weighted by Gasteiger charge is 2.24. The predicted octanol–water partition coefficient (Wildman–Crippen LogP) is 13.4. The minimum absolute atomic E-state index is 0.0806. The number of carboxylic acids is 2. The van der Waals surface area contributed by atoms with Crippen molar-refractivity contribution in [3.05, 3.63) is 0 Å². The van der Waals surface area contributed by atoms with Crippen LogP contribution in [-0.2, 0) is 19.1 Å². The van der Waals surface area contributed by atoms with Gasteiger partial charge in [-0.3, -0.25) is 4.79 Å². The normalized spacial score (nSPS) is 11.1. The smallest absolute Gasteiger partial charge is 0.305 e. The molecule has 0 radical (unpaired) electrons. The molecule has 2 N–H and O–H groups in total. The summed E-state index contributed by atoms with van der Waals surface area (Å²) < 4.78 is 5.14. The Labute approximate surface area is 379 Å². The van der Waals surface area contributed by atoms with E-state index in [1.165, 1.54) is 212 Å². The minimum atomic E-state index is -0.905. The average molecular weight is 869 g/mol. The first kappa shape index (κ1) is 63.6. The summed E-state index contributed by atoms with van der Waals surface area (Å²) in [6, 6.07) is 0. The summed E-state index contributed by atoms with van der Waals surface area (Å²) in [6.45, 7) is 8.18. The van der Waals surface area contributed by atoms with E-state index in [0.29, 0.717) is 6.42 Å². The monoisotopic (exact) mass is 869 g/mol.